The van der Waals surface area contributed by atoms with Crippen LogP contribution in [0.5, 0.6) is 0 Å². The molecule has 1 N–H and O–H groups in total. The van der Waals surface area contributed by atoms with Crippen LogP contribution in [0.15, 0.2) is 21.2 Å². The van der Waals surface area contributed by atoms with Crippen molar-refractivity contribution < 1.29 is 0 Å². The molecule has 2 nitrogen and oxygen atoms in total. The Labute approximate surface area is 107 Å². The van der Waals surface area contributed by atoms with Gasteiger partial charge in [0.1, 0.15) is 5.82 Å². The summed E-state index contributed by atoms with van der Waals surface area (Å²) in [6.07, 6.45) is 9.90. The smallest absolute Gasteiger partial charge is 0.140 e. The lowest BCUT2D eigenvalue weighted by atomic mass is 10.2. The Hall–Kier alpha value is -0.530. The van der Waals surface area contributed by atoms with Crippen molar-refractivity contribution in [1.29, 1.82) is 0 Å². The maximum Gasteiger partial charge on any atom is 0.140 e. The molecule has 15 heavy (non-hydrogen) atoms. The standard InChI is InChI=1S/C11H12Br2N2/c1-2-3-4-5-6-14-11-10(13)7-9(12)8-15-11/h1,7-8H,3-6H2,(H,14,15). The van der Waals surface area contributed by atoms with Gasteiger partial charge < -0.3 is 5.32 Å². The van der Waals surface area contributed by atoms with Crippen molar-refractivity contribution in [3.8, 4) is 12.3 Å². The Morgan fingerprint density at radius 3 is 2.87 bits per heavy atom. The minimum Gasteiger partial charge on any atom is -0.369 e. The van der Waals surface area contributed by atoms with Crippen molar-refractivity contribution in [1.82, 2.24) is 4.98 Å². The van der Waals surface area contributed by atoms with Crippen LogP contribution in [0.3, 0.4) is 0 Å². The minimum absolute atomic E-state index is 0.844. The van der Waals surface area contributed by atoms with Gasteiger partial charge in [-0.3, -0.25) is 0 Å². The molecular formula is C11H12Br2N2. The third kappa shape index (κ3) is 4.67. The van der Waals surface area contributed by atoms with E-state index in [1.165, 1.54) is 0 Å². The highest BCUT2D eigenvalue weighted by atomic mass is 79.9. The maximum absolute atomic E-state index is 5.17. The number of rotatable bonds is 5. The lowest BCUT2D eigenvalue weighted by Crippen LogP contribution is -2.03. The zero-order chi connectivity index (χ0) is 11.1. The summed E-state index contributed by atoms with van der Waals surface area (Å²) in [4.78, 5) is 4.25. The Morgan fingerprint density at radius 2 is 2.20 bits per heavy atom. The number of hydrogen-bond donors (Lipinski definition) is 1. The molecule has 1 rings (SSSR count). The number of aromatic nitrogens is 1. The molecule has 0 atom stereocenters. The second-order valence-corrected chi connectivity index (χ2v) is 4.84. The Bertz CT molecular complexity index is 358. The first kappa shape index (κ1) is 12.5. The number of hydrogen-bond acceptors (Lipinski definition) is 2. The van der Waals surface area contributed by atoms with Crippen molar-refractivity contribution >= 4 is 37.7 Å². The molecule has 0 aromatic carbocycles. The molecule has 1 heterocycles. The zero-order valence-corrected chi connectivity index (χ0v) is 11.4. The zero-order valence-electron chi connectivity index (χ0n) is 8.26. The minimum atomic E-state index is 0.844. The number of halogens is 2. The van der Waals surface area contributed by atoms with Gasteiger partial charge in [0, 0.05) is 23.6 Å². The van der Waals surface area contributed by atoms with E-state index in [4.69, 9.17) is 6.42 Å². The van der Waals surface area contributed by atoms with Gasteiger partial charge >= 0.3 is 0 Å². The van der Waals surface area contributed by atoms with Gasteiger partial charge in [-0.1, -0.05) is 0 Å². The third-order valence-electron chi connectivity index (χ3n) is 1.85. The van der Waals surface area contributed by atoms with Crippen molar-refractivity contribution in [3.05, 3.63) is 21.2 Å². The summed E-state index contributed by atoms with van der Waals surface area (Å²) >= 11 is 6.80. The third-order valence-corrected chi connectivity index (χ3v) is 2.89. The Balaban J connectivity index is 2.35. The first-order valence-corrected chi connectivity index (χ1v) is 6.31. The summed E-state index contributed by atoms with van der Waals surface area (Å²) in [5.41, 5.74) is 0. The lowest BCUT2D eigenvalue weighted by molar-refractivity contribution is 0.787. The maximum atomic E-state index is 5.17. The average Bonchev–Trinajstić information content (AvgIpc) is 2.20. The van der Waals surface area contributed by atoms with Crippen molar-refractivity contribution in [2.24, 2.45) is 0 Å². The molecule has 1 aromatic rings. The summed E-state index contributed by atoms with van der Waals surface area (Å²) in [6, 6.07) is 1.97. The van der Waals surface area contributed by atoms with Gasteiger partial charge in [0.15, 0.2) is 0 Å². The molecule has 1 aromatic heterocycles. The Kier molecular flexibility index (Phi) is 5.74. The van der Waals surface area contributed by atoms with Gasteiger partial charge in [-0.05, 0) is 50.8 Å². The number of nitrogens with one attached hydrogen (secondary N) is 1. The van der Waals surface area contributed by atoms with E-state index in [0.717, 1.165) is 40.6 Å². The normalized spacial score (nSPS) is 9.67. The fraction of sp³-hybridized carbons (Fsp3) is 0.364. The summed E-state index contributed by atoms with van der Waals surface area (Å²) in [5.74, 6) is 3.50. The topological polar surface area (TPSA) is 24.9 Å². The number of nitrogens with zero attached hydrogens (tertiary/aromatic N) is 1. The second kappa shape index (κ2) is 6.86. The fourth-order valence-corrected chi connectivity index (χ4v) is 2.23. The Morgan fingerprint density at radius 1 is 1.40 bits per heavy atom. The highest BCUT2D eigenvalue weighted by Crippen LogP contribution is 2.23. The SMILES string of the molecule is C#CCCCCNc1ncc(Br)cc1Br. The van der Waals surface area contributed by atoms with Crippen LogP contribution in [0.25, 0.3) is 0 Å². The number of pyridine rings is 1. The van der Waals surface area contributed by atoms with E-state index in [1.54, 1.807) is 6.20 Å². The van der Waals surface area contributed by atoms with Gasteiger partial charge in [-0.15, -0.1) is 12.3 Å². The van der Waals surface area contributed by atoms with Gasteiger partial charge in [0.25, 0.3) is 0 Å². The first-order valence-electron chi connectivity index (χ1n) is 4.72. The van der Waals surface area contributed by atoms with Crippen LogP contribution in [-0.4, -0.2) is 11.5 Å². The van der Waals surface area contributed by atoms with Crippen LogP contribution in [0.1, 0.15) is 19.3 Å². The molecule has 0 fully saturated rings. The number of anilines is 1. The molecule has 0 unspecified atom stereocenters. The lowest BCUT2D eigenvalue weighted by Gasteiger charge is -2.06. The largest absolute Gasteiger partial charge is 0.369 e. The van der Waals surface area contributed by atoms with Gasteiger partial charge in [-0.2, -0.15) is 0 Å². The van der Waals surface area contributed by atoms with Crippen molar-refractivity contribution in [2.45, 2.75) is 19.3 Å². The molecule has 0 saturated carbocycles. The van der Waals surface area contributed by atoms with Crippen LogP contribution in [0.2, 0.25) is 0 Å². The molecule has 80 valence electrons. The van der Waals surface area contributed by atoms with Crippen LogP contribution in [0, 0.1) is 12.3 Å². The van der Waals surface area contributed by atoms with E-state index >= 15 is 0 Å². The molecule has 0 amide bonds. The molecule has 0 aliphatic carbocycles. The highest BCUT2D eigenvalue weighted by Gasteiger charge is 2.00. The summed E-state index contributed by atoms with van der Waals surface area (Å²) in [6.45, 7) is 0.898. The average molecular weight is 332 g/mol. The van der Waals surface area contributed by atoms with Gasteiger partial charge in [-0.25, -0.2) is 4.98 Å². The molecule has 4 heteroatoms. The van der Waals surface area contributed by atoms with Crippen LogP contribution in [-0.2, 0) is 0 Å². The van der Waals surface area contributed by atoms with Crippen LogP contribution < -0.4 is 5.32 Å². The molecule has 0 saturated heterocycles. The summed E-state index contributed by atoms with van der Waals surface area (Å²) in [5, 5.41) is 3.25. The monoisotopic (exact) mass is 330 g/mol. The molecule has 0 aliphatic rings. The summed E-state index contributed by atoms with van der Waals surface area (Å²) < 4.78 is 1.93. The molecule has 0 bridgehead atoms. The van der Waals surface area contributed by atoms with E-state index in [2.05, 4.69) is 48.1 Å². The van der Waals surface area contributed by atoms with E-state index < -0.39 is 0 Å². The summed E-state index contributed by atoms with van der Waals surface area (Å²) in [7, 11) is 0. The van der Waals surface area contributed by atoms with Gasteiger partial charge in [0.05, 0.1) is 4.47 Å². The van der Waals surface area contributed by atoms with E-state index in [9.17, 15) is 0 Å². The van der Waals surface area contributed by atoms with Crippen LogP contribution in [0.4, 0.5) is 5.82 Å². The molecule has 0 aliphatic heterocycles. The second-order valence-electron chi connectivity index (χ2n) is 3.07. The van der Waals surface area contributed by atoms with Crippen molar-refractivity contribution in [2.75, 3.05) is 11.9 Å². The first-order chi connectivity index (χ1) is 7.24. The van der Waals surface area contributed by atoms with E-state index in [1.807, 2.05) is 6.07 Å². The van der Waals surface area contributed by atoms with Crippen molar-refractivity contribution in [3.63, 3.8) is 0 Å². The van der Waals surface area contributed by atoms with Gasteiger partial charge in [0.2, 0.25) is 0 Å². The predicted molar refractivity (Wildman–Crippen MR) is 70.8 cm³/mol. The molecular weight excluding hydrogens is 320 g/mol. The predicted octanol–water partition coefficient (Wildman–Crippen LogP) is 3.82. The molecule has 0 spiro atoms. The fourth-order valence-electron chi connectivity index (χ4n) is 1.10. The molecule has 0 radical (unpaired) electrons. The van der Waals surface area contributed by atoms with Crippen LogP contribution >= 0.6 is 31.9 Å². The van der Waals surface area contributed by atoms with E-state index in [-0.39, 0.29) is 0 Å². The van der Waals surface area contributed by atoms with E-state index in [0.29, 0.717) is 0 Å². The quantitative estimate of drug-likeness (QED) is 0.655. The number of unbranched alkanes of at least 4 members (excludes halogenated alkanes) is 2. The highest BCUT2D eigenvalue weighted by molar-refractivity contribution is 9.11. The number of terminal acetylenes is 1.